The van der Waals surface area contributed by atoms with Gasteiger partial charge in [-0.1, -0.05) is 0 Å². The number of anilines is 1. The van der Waals surface area contributed by atoms with E-state index in [0.717, 1.165) is 9.87 Å². The van der Waals surface area contributed by atoms with Crippen molar-refractivity contribution < 1.29 is 13.2 Å². The Morgan fingerprint density at radius 2 is 2.00 bits per heavy atom. The Hall–Kier alpha value is -2.74. The van der Waals surface area contributed by atoms with Crippen molar-refractivity contribution >= 4 is 21.8 Å². The quantitative estimate of drug-likeness (QED) is 0.806. The summed E-state index contributed by atoms with van der Waals surface area (Å²) < 4.78 is 30.3. The highest BCUT2D eigenvalue weighted by Gasteiger charge is 2.41. The summed E-state index contributed by atoms with van der Waals surface area (Å²) >= 11 is 0. The lowest BCUT2D eigenvalue weighted by Gasteiger charge is -2.36. The maximum atomic E-state index is 12.8. The lowest BCUT2D eigenvalue weighted by molar-refractivity contribution is -0.120. The van der Waals surface area contributed by atoms with E-state index in [9.17, 15) is 13.2 Å². The Kier molecular flexibility index (Phi) is 5.01. The Bertz CT molecular complexity index is 1010. The molecule has 0 unspecified atom stereocenters. The van der Waals surface area contributed by atoms with Crippen molar-refractivity contribution in [2.75, 3.05) is 12.4 Å². The number of nitrogens with zero attached hydrogens (tertiary/aromatic N) is 4. The Morgan fingerprint density at radius 3 is 2.56 bits per heavy atom. The molecule has 1 aromatic carbocycles. The van der Waals surface area contributed by atoms with Gasteiger partial charge in [-0.3, -0.25) is 9.48 Å². The SMILES string of the molecule is Cc1nn(C)cc1[C@@H]1C[C@H](C(=O)Nc2ccc(C#N)cc2)N(C)S(=O)(=O)N1. The van der Waals surface area contributed by atoms with Crippen LogP contribution in [-0.4, -0.2) is 41.5 Å². The van der Waals surface area contributed by atoms with Crippen LogP contribution in [0.15, 0.2) is 30.5 Å². The molecule has 0 saturated carbocycles. The van der Waals surface area contributed by atoms with E-state index in [1.54, 1.807) is 49.1 Å². The molecule has 0 aliphatic carbocycles. The van der Waals surface area contributed by atoms with E-state index in [1.165, 1.54) is 7.05 Å². The van der Waals surface area contributed by atoms with Crippen LogP contribution in [0.5, 0.6) is 0 Å². The molecule has 0 radical (unpaired) electrons. The number of rotatable bonds is 3. The van der Waals surface area contributed by atoms with Crippen molar-refractivity contribution in [1.82, 2.24) is 18.8 Å². The van der Waals surface area contributed by atoms with Crippen LogP contribution in [0, 0.1) is 18.3 Å². The molecule has 10 heteroatoms. The second-order valence-electron chi connectivity index (χ2n) is 6.47. The van der Waals surface area contributed by atoms with Gasteiger partial charge in [-0.25, -0.2) is 0 Å². The first-order valence-corrected chi connectivity index (χ1v) is 9.71. The lowest BCUT2D eigenvalue weighted by Crippen LogP contribution is -2.56. The average Bonchev–Trinajstić information content (AvgIpc) is 2.96. The first-order chi connectivity index (χ1) is 12.7. The molecular formula is C17H20N6O3S. The van der Waals surface area contributed by atoms with Crippen molar-refractivity contribution in [1.29, 1.82) is 5.26 Å². The number of benzene rings is 1. The Balaban J connectivity index is 1.84. The van der Waals surface area contributed by atoms with Gasteiger partial charge in [0, 0.05) is 31.5 Å². The highest BCUT2D eigenvalue weighted by molar-refractivity contribution is 7.87. The Labute approximate surface area is 157 Å². The van der Waals surface area contributed by atoms with E-state index >= 15 is 0 Å². The number of likely N-dealkylation sites (N-methyl/N-ethyl adjacent to an activating group) is 1. The summed E-state index contributed by atoms with van der Waals surface area (Å²) in [7, 11) is -0.689. The molecule has 3 rings (SSSR count). The number of aryl methyl sites for hydroxylation is 2. The second kappa shape index (κ2) is 7.11. The number of amides is 1. The molecule has 2 atom stereocenters. The van der Waals surface area contributed by atoms with E-state index in [-0.39, 0.29) is 6.42 Å². The zero-order valence-corrected chi connectivity index (χ0v) is 16.0. The van der Waals surface area contributed by atoms with Crippen molar-refractivity contribution in [2.24, 2.45) is 7.05 Å². The van der Waals surface area contributed by atoms with Crippen LogP contribution in [0.25, 0.3) is 0 Å². The van der Waals surface area contributed by atoms with Crippen LogP contribution < -0.4 is 10.0 Å². The molecule has 0 spiro atoms. The molecule has 1 fully saturated rings. The number of carbonyl (C=O) groups excluding carboxylic acids is 1. The molecule has 1 aliphatic rings. The average molecular weight is 388 g/mol. The van der Waals surface area contributed by atoms with Crippen LogP contribution in [0.3, 0.4) is 0 Å². The number of hydrogen-bond donors (Lipinski definition) is 2. The van der Waals surface area contributed by atoms with Gasteiger partial charge < -0.3 is 5.32 Å². The minimum atomic E-state index is -3.82. The third-order valence-electron chi connectivity index (χ3n) is 4.58. The lowest BCUT2D eigenvalue weighted by atomic mass is 10.00. The fourth-order valence-electron chi connectivity index (χ4n) is 3.13. The van der Waals surface area contributed by atoms with E-state index in [1.807, 2.05) is 6.07 Å². The molecular weight excluding hydrogens is 368 g/mol. The first-order valence-electron chi connectivity index (χ1n) is 8.27. The minimum Gasteiger partial charge on any atom is -0.325 e. The number of carbonyl (C=O) groups is 1. The monoisotopic (exact) mass is 388 g/mol. The van der Waals surface area contributed by atoms with Gasteiger partial charge in [-0.15, -0.1) is 0 Å². The number of hydrogen-bond acceptors (Lipinski definition) is 5. The van der Waals surface area contributed by atoms with Gasteiger partial charge >= 0.3 is 0 Å². The predicted molar refractivity (Wildman–Crippen MR) is 98.7 cm³/mol. The normalized spacial score (nSPS) is 22.1. The second-order valence-corrected chi connectivity index (χ2v) is 8.23. The molecule has 2 heterocycles. The van der Waals surface area contributed by atoms with Crippen LogP contribution in [0.4, 0.5) is 5.69 Å². The first kappa shape index (κ1) is 19.0. The van der Waals surface area contributed by atoms with Crippen LogP contribution in [0.2, 0.25) is 0 Å². The van der Waals surface area contributed by atoms with E-state index in [2.05, 4.69) is 15.1 Å². The van der Waals surface area contributed by atoms with Gasteiger partial charge in [-0.2, -0.15) is 27.8 Å². The molecule has 142 valence electrons. The molecule has 0 bridgehead atoms. The van der Waals surface area contributed by atoms with Crippen molar-refractivity contribution in [3.8, 4) is 6.07 Å². The largest absolute Gasteiger partial charge is 0.325 e. The fraction of sp³-hybridized carbons (Fsp3) is 0.353. The van der Waals surface area contributed by atoms with Crippen molar-refractivity contribution in [2.45, 2.75) is 25.4 Å². The third kappa shape index (κ3) is 3.85. The van der Waals surface area contributed by atoms with Crippen molar-refractivity contribution in [3.05, 3.63) is 47.3 Å². The standard InChI is InChI=1S/C17H20N6O3S/c1-11-14(10-22(2)20-11)15-8-16(23(3)27(25,26)21-15)17(24)19-13-6-4-12(9-18)5-7-13/h4-7,10,15-16,21H,8H2,1-3H3,(H,19,24)/t15-,16+/m0/s1. The summed E-state index contributed by atoms with van der Waals surface area (Å²) in [6, 6.07) is 6.96. The van der Waals surface area contributed by atoms with Gasteiger partial charge in [-0.05, 0) is 37.6 Å². The number of nitriles is 1. The fourth-order valence-corrected chi connectivity index (χ4v) is 4.39. The topological polar surface area (TPSA) is 120 Å². The Morgan fingerprint density at radius 1 is 1.33 bits per heavy atom. The molecule has 9 nitrogen and oxygen atoms in total. The van der Waals surface area contributed by atoms with Gasteiger partial charge in [0.25, 0.3) is 10.2 Å². The zero-order chi connectivity index (χ0) is 19.8. The third-order valence-corrected chi connectivity index (χ3v) is 6.17. The summed E-state index contributed by atoms with van der Waals surface area (Å²) in [6.07, 6.45) is 2.02. The van der Waals surface area contributed by atoms with Gasteiger partial charge in [0.1, 0.15) is 6.04 Å². The summed E-state index contributed by atoms with van der Waals surface area (Å²) in [5.41, 5.74) is 2.42. The number of nitrogens with one attached hydrogen (secondary N) is 2. The smallest absolute Gasteiger partial charge is 0.280 e. The molecule has 1 amide bonds. The molecule has 2 aromatic rings. The molecule has 1 aromatic heterocycles. The predicted octanol–water partition coefficient (Wildman–Crippen LogP) is 0.819. The minimum absolute atomic E-state index is 0.268. The maximum absolute atomic E-state index is 12.8. The van der Waals surface area contributed by atoms with Gasteiger partial charge in [0.05, 0.1) is 23.4 Å². The summed E-state index contributed by atoms with van der Waals surface area (Å²) in [5.74, 6) is -0.432. The van der Waals surface area contributed by atoms with Crippen LogP contribution in [-0.2, 0) is 22.1 Å². The molecule has 27 heavy (non-hydrogen) atoms. The molecule has 1 saturated heterocycles. The highest BCUT2D eigenvalue weighted by Crippen LogP contribution is 2.29. The molecule has 2 N–H and O–H groups in total. The van der Waals surface area contributed by atoms with Crippen molar-refractivity contribution in [3.63, 3.8) is 0 Å². The maximum Gasteiger partial charge on any atom is 0.280 e. The van der Waals surface area contributed by atoms with E-state index in [0.29, 0.717) is 16.9 Å². The molecule has 1 aliphatic heterocycles. The van der Waals surface area contributed by atoms with E-state index in [4.69, 9.17) is 5.26 Å². The summed E-state index contributed by atoms with van der Waals surface area (Å²) in [6.45, 7) is 1.80. The van der Waals surface area contributed by atoms with Gasteiger partial charge in [0.2, 0.25) is 5.91 Å². The van der Waals surface area contributed by atoms with Gasteiger partial charge in [0.15, 0.2) is 0 Å². The number of aromatic nitrogens is 2. The summed E-state index contributed by atoms with van der Waals surface area (Å²) in [5, 5.41) is 15.8. The van der Waals surface area contributed by atoms with Crippen LogP contribution >= 0.6 is 0 Å². The zero-order valence-electron chi connectivity index (χ0n) is 15.2. The summed E-state index contributed by atoms with van der Waals surface area (Å²) in [4.78, 5) is 12.8. The van der Waals surface area contributed by atoms with Crippen LogP contribution in [0.1, 0.15) is 29.3 Å². The van der Waals surface area contributed by atoms with E-state index < -0.39 is 28.2 Å². The highest BCUT2D eigenvalue weighted by atomic mass is 32.2.